The molecule has 0 amide bonds. The number of phenols is 2. The summed E-state index contributed by atoms with van der Waals surface area (Å²) in [5.74, 6) is 0.269. The van der Waals surface area contributed by atoms with Gasteiger partial charge in [0.2, 0.25) is 0 Å². The third kappa shape index (κ3) is 3.66. The Labute approximate surface area is 125 Å². The molecule has 0 saturated heterocycles. The predicted molar refractivity (Wildman–Crippen MR) is 81.9 cm³/mol. The van der Waals surface area contributed by atoms with Gasteiger partial charge >= 0.3 is 0 Å². The van der Waals surface area contributed by atoms with Crippen LogP contribution in [-0.2, 0) is 6.42 Å². The molecule has 0 fully saturated rings. The quantitative estimate of drug-likeness (QED) is 0.721. The van der Waals surface area contributed by atoms with Gasteiger partial charge in [0.1, 0.15) is 11.5 Å². The number of aldehydes is 1. The lowest BCUT2D eigenvalue weighted by atomic mass is 9.93. The normalized spacial score (nSPS) is 12.4. The molecular formula is C16H23ClO3. The fourth-order valence-corrected chi connectivity index (χ4v) is 2.57. The van der Waals surface area contributed by atoms with Gasteiger partial charge in [0.25, 0.3) is 0 Å². The first-order chi connectivity index (χ1) is 9.43. The maximum Gasteiger partial charge on any atom is 0.154 e. The fraction of sp³-hybridized carbons (Fsp3) is 0.562. The van der Waals surface area contributed by atoms with Crippen LogP contribution >= 0.6 is 11.6 Å². The van der Waals surface area contributed by atoms with Crippen molar-refractivity contribution in [2.24, 2.45) is 5.92 Å². The highest BCUT2D eigenvalue weighted by Gasteiger charge is 2.20. The molecule has 1 atom stereocenters. The summed E-state index contributed by atoms with van der Waals surface area (Å²) in [6.45, 7) is 5.92. The van der Waals surface area contributed by atoms with Crippen LogP contribution in [0, 0.1) is 12.8 Å². The Kier molecular flexibility index (Phi) is 6.34. The second-order valence-electron chi connectivity index (χ2n) is 5.43. The molecule has 1 aromatic carbocycles. The Morgan fingerprint density at radius 2 is 1.90 bits per heavy atom. The molecule has 0 aliphatic rings. The summed E-state index contributed by atoms with van der Waals surface area (Å²) in [6, 6.07) is 0. The molecule has 3 nitrogen and oxygen atoms in total. The van der Waals surface area contributed by atoms with Crippen molar-refractivity contribution in [1.82, 2.24) is 0 Å². The van der Waals surface area contributed by atoms with E-state index in [4.69, 9.17) is 11.6 Å². The SMILES string of the molecule is CCCCC(C)CCc1c(O)c(Cl)c(C)c(C=O)c1O. The highest BCUT2D eigenvalue weighted by molar-refractivity contribution is 6.33. The van der Waals surface area contributed by atoms with Gasteiger partial charge in [-0.2, -0.15) is 0 Å². The Bertz CT molecular complexity index is 483. The summed E-state index contributed by atoms with van der Waals surface area (Å²) < 4.78 is 0. The number of unbranched alkanes of at least 4 members (excludes halogenated alkanes) is 1. The maximum atomic E-state index is 11.0. The molecule has 0 aliphatic carbocycles. The third-order valence-corrected chi connectivity index (χ3v) is 4.29. The summed E-state index contributed by atoms with van der Waals surface area (Å²) in [5.41, 5.74) is 0.967. The van der Waals surface area contributed by atoms with Crippen LogP contribution in [0.4, 0.5) is 0 Å². The van der Waals surface area contributed by atoms with Crippen LogP contribution in [0.5, 0.6) is 11.5 Å². The van der Waals surface area contributed by atoms with Gasteiger partial charge in [0.05, 0.1) is 10.6 Å². The number of aromatic hydroxyl groups is 2. The maximum absolute atomic E-state index is 11.0. The van der Waals surface area contributed by atoms with Crippen LogP contribution in [0.1, 0.15) is 61.0 Å². The average Bonchev–Trinajstić information content (AvgIpc) is 2.43. The van der Waals surface area contributed by atoms with Crippen LogP contribution in [0.2, 0.25) is 5.02 Å². The Hall–Kier alpha value is -1.22. The van der Waals surface area contributed by atoms with E-state index >= 15 is 0 Å². The van der Waals surface area contributed by atoms with Crippen molar-refractivity contribution >= 4 is 17.9 Å². The van der Waals surface area contributed by atoms with Crippen molar-refractivity contribution < 1.29 is 15.0 Å². The lowest BCUT2D eigenvalue weighted by Gasteiger charge is -2.16. The Morgan fingerprint density at radius 1 is 1.25 bits per heavy atom. The van der Waals surface area contributed by atoms with E-state index in [-0.39, 0.29) is 22.1 Å². The molecule has 0 saturated carbocycles. The van der Waals surface area contributed by atoms with E-state index in [0.717, 1.165) is 19.3 Å². The molecular weight excluding hydrogens is 276 g/mol. The van der Waals surface area contributed by atoms with Crippen molar-refractivity contribution in [2.75, 3.05) is 0 Å². The number of hydrogen-bond acceptors (Lipinski definition) is 3. The van der Waals surface area contributed by atoms with E-state index in [0.29, 0.717) is 29.8 Å². The van der Waals surface area contributed by atoms with Gasteiger partial charge in [-0.25, -0.2) is 0 Å². The number of hydrogen-bond donors (Lipinski definition) is 2. The van der Waals surface area contributed by atoms with Gasteiger partial charge in [0, 0.05) is 5.56 Å². The summed E-state index contributed by atoms with van der Waals surface area (Å²) in [6.07, 6.45) is 5.40. The van der Waals surface area contributed by atoms with E-state index in [1.54, 1.807) is 6.92 Å². The summed E-state index contributed by atoms with van der Waals surface area (Å²) in [4.78, 5) is 11.0. The molecule has 0 heterocycles. The first kappa shape index (κ1) is 16.8. The number of phenolic OH excluding ortho intramolecular Hbond substituents is 2. The number of rotatable bonds is 7. The van der Waals surface area contributed by atoms with Crippen LogP contribution in [0.25, 0.3) is 0 Å². The molecule has 1 unspecified atom stereocenters. The molecule has 0 aromatic heterocycles. The van der Waals surface area contributed by atoms with Gasteiger partial charge in [-0.15, -0.1) is 0 Å². The number of benzene rings is 1. The summed E-state index contributed by atoms with van der Waals surface area (Å²) in [7, 11) is 0. The van der Waals surface area contributed by atoms with Gasteiger partial charge < -0.3 is 10.2 Å². The van der Waals surface area contributed by atoms with Crippen molar-refractivity contribution in [3.8, 4) is 11.5 Å². The highest BCUT2D eigenvalue weighted by atomic mass is 35.5. The van der Waals surface area contributed by atoms with Crippen molar-refractivity contribution in [2.45, 2.75) is 52.9 Å². The van der Waals surface area contributed by atoms with Gasteiger partial charge in [0.15, 0.2) is 6.29 Å². The largest absolute Gasteiger partial charge is 0.507 e. The molecule has 112 valence electrons. The lowest BCUT2D eigenvalue weighted by Crippen LogP contribution is -2.01. The molecule has 4 heteroatoms. The molecule has 0 bridgehead atoms. The van der Waals surface area contributed by atoms with Crippen molar-refractivity contribution in [3.05, 3.63) is 21.7 Å². The second-order valence-corrected chi connectivity index (χ2v) is 5.81. The van der Waals surface area contributed by atoms with Crippen LogP contribution in [0.15, 0.2) is 0 Å². The van der Waals surface area contributed by atoms with Gasteiger partial charge in [-0.3, -0.25) is 4.79 Å². The van der Waals surface area contributed by atoms with Crippen LogP contribution < -0.4 is 0 Å². The number of carbonyl (C=O) groups is 1. The Balaban J connectivity index is 2.95. The van der Waals surface area contributed by atoms with Gasteiger partial charge in [-0.05, 0) is 31.2 Å². The second kappa shape index (κ2) is 7.53. The standard InChI is InChI=1S/C16H23ClO3/c1-4-5-6-10(2)7-8-12-15(19)13(9-18)11(3)14(17)16(12)20/h9-10,19-20H,4-8H2,1-3H3. The topological polar surface area (TPSA) is 57.5 Å². The van der Waals surface area contributed by atoms with E-state index in [2.05, 4.69) is 13.8 Å². The first-order valence-electron chi connectivity index (χ1n) is 7.12. The highest BCUT2D eigenvalue weighted by Crippen LogP contribution is 2.40. The Morgan fingerprint density at radius 3 is 2.45 bits per heavy atom. The van der Waals surface area contributed by atoms with Crippen LogP contribution in [0.3, 0.4) is 0 Å². The zero-order valence-electron chi connectivity index (χ0n) is 12.4. The minimum Gasteiger partial charge on any atom is -0.507 e. The molecule has 0 radical (unpaired) electrons. The minimum atomic E-state index is -0.137. The molecule has 1 rings (SSSR count). The fourth-order valence-electron chi connectivity index (χ4n) is 2.35. The zero-order valence-corrected chi connectivity index (χ0v) is 13.1. The predicted octanol–water partition coefficient (Wildman–Crippen LogP) is 4.63. The zero-order chi connectivity index (χ0) is 15.3. The molecule has 0 spiro atoms. The van der Waals surface area contributed by atoms with Gasteiger partial charge in [-0.1, -0.05) is 44.7 Å². The number of carbonyl (C=O) groups excluding carboxylic acids is 1. The lowest BCUT2D eigenvalue weighted by molar-refractivity contribution is 0.112. The molecule has 0 aliphatic heterocycles. The van der Waals surface area contributed by atoms with Crippen molar-refractivity contribution in [1.29, 1.82) is 0 Å². The third-order valence-electron chi connectivity index (χ3n) is 3.82. The minimum absolute atomic E-state index is 0.102. The van der Waals surface area contributed by atoms with E-state index in [9.17, 15) is 15.0 Å². The van der Waals surface area contributed by atoms with Crippen molar-refractivity contribution in [3.63, 3.8) is 0 Å². The first-order valence-corrected chi connectivity index (χ1v) is 7.49. The summed E-state index contributed by atoms with van der Waals surface area (Å²) >= 11 is 6.02. The van der Waals surface area contributed by atoms with E-state index in [1.165, 1.54) is 6.42 Å². The van der Waals surface area contributed by atoms with Crippen LogP contribution in [-0.4, -0.2) is 16.5 Å². The molecule has 2 N–H and O–H groups in total. The smallest absolute Gasteiger partial charge is 0.154 e. The van der Waals surface area contributed by atoms with E-state index in [1.807, 2.05) is 0 Å². The number of halogens is 1. The monoisotopic (exact) mass is 298 g/mol. The molecule has 20 heavy (non-hydrogen) atoms. The average molecular weight is 299 g/mol. The summed E-state index contributed by atoms with van der Waals surface area (Å²) in [5, 5.41) is 20.3. The van der Waals surface area contributed by atoms with E-state index < -0.39 is 0 Å². The molecule has 1 aromatic rings.